The largest absolute Gasteiger partial charge is 0.417 e. The highest BCUT2D eigenvalue weighted by atomic mass is 16.4. The number of rotatable bonds is 5. The molecule has 0 unspecified atom stereocenters. The first kappa shape index (κ1) is 19.7. The van der Waals surface area contributed by atoms with E-state index < -0.39 is 5.76 Å². The van der Waals surface area contributed by atoms with E-state index >= 15 is 0 Å². The van der Waals surface area contributed by atoms with Gasteiger partial charge in [-0.2, -0.15) is 4.98 Å². The van der Waals surface area contributed by atoms with Gasteiger partial charge in [-0.15, -0.1) is 0 Å². The number of aromatic amines is 1. The molecule has 2 N–H and O–H groups in total. The summed E-state index contributed by atoms with van der Waals surface area (Å²) >= 11 is 0. The minimum Gasteiger partial charge on any atom is -0.408 e. The van der Waals surface area contributed by atoms with Crippen molar-refractivity contribution in [3.8, 4) is 0 Å². The zero-order valence-electron chi connectivity index (χ0n) is 17.8. The zero-order chi connectivity index (χ0) is 21.4. The second kappa shape index (κ2) is 7.67. The molecule has 30 heavy (non-hydrogen) atoms. The van der Waals surface area contributed by atoms with Crippen molar-refractivity contribution in [3.05, 3.63) is 69.3 Å². The maximum absolute atomic E-state index is 11.4. The fourth-order valence-electron chi connectivity index (χ4n) is 3.46. The molecular weight excluding hydrogens is 378 g/mol. The van der Waals surface area contributed by atoms with Crippen LogP contribution in [0.15, 0.2) is 45.7 Å². The second-order valence-corrected chi connectivity index (χ2v) is 7.50. The normalized spacial score (nSPS) is 11.1. The molecule has 0 aliphatic carbocycles. The highest BCUT2D eigenvalue weighted by Crippen LogP contribution is 2.29. The molecule has 2 aromatic carbocycles. The topological polar surface area (TPSA) is 87.0 Å². The van der Waals surface area contributed by atoms with Crippen LogP contribution in [0, 0.1) is 27.7 Å². The lowest BCUT2D eigenvalue weighted by Crippen LogP contribution is -2.20. The number of nitrogens with one attached hydrogen (secondary N) is 2. The van der Waals surface area contributed by atoms with E-state index in [9.17, 15) is 4.79 Å². The van der Waals surface area contributed by atoms with Crippen molar-refractivity contribution in [1.82, 2.24) is 15.0 Å². The van der Waals surface area contributed by atoms with Gasteiger partial charge in [-0.3, -0.25) is 4.98 Å². The van der Waals surface area contributed by atoms with Crippen LogP contribution in [0.2, 0.25) is 0 Å². The minimum atomic E-state index is -0.468. The summed E-state index contributed by atoms with van der Waals surface area (Å²) in [5, 5.41) is 3.33. The molecule has 0 aliphatic heterocycles. The van der Waals surface area contributed by atoms with Crippen LogP contribution in [-0.4, -0.2) is 21.5 Å². The van der Waals surface area contributed by atoms with E-state index in [0.717, 1.165) is 23.5 Å². The molecule has 0 spiro atoms. The summed E-state index contributed by atoms with van der Waals surface area (Å²) in [4.78, 5) is 25.5. The van der Waals surface area contributed by atoms with E-state index in [4.69, 9.17) is 9.40 Å². The van der Waals surface area contributed by atoms with Gasteiger partial charge in [-0.05, 0) is 81.6 Å². The number of fused-ring (bicyclic) bond motifs is 1. The first-order valence-corrected chi connectivity index (χ1v) is 9.94. The molecule has 0 fully saturated rings. The molecule has 0 amide bonds. The van der Waals surface area contributed by atoms with Crippen LogP contribution in [0.5, 0.6) is 0 Å². The van der Waals surface area contributed by atoms with Crippen LogP contribution in [0.1, 0.15) is 29.2 Å². The molecule has 0 atom stereocenters. The maximum Gasteiger partial charge on any atom is 0.417 e. The van der Waals surface area contributed by atoms with Crippen LogP contribution < -0.4 is 16.0 Å². The molecule has 0 radical (unpaired) electrons. The minimum absolute atomic E-state index is 0.468. The van der Waals surface area contributed by atoms with Gasteiger partial charge in [0, 0.05) is 29.7 Å². The second-order valence-electron chi connectivity index (χ2n) is 7.50. The third kappa shape index (κ3) is 3.66. The highest BCUT2D eigenvalue weighted by molar-refractivity contribution is 5.78. The van der Waals surface area contributed by atoms with Gasteiger partial charge in [0.25, 0.3) is 0 Å². The van der Waals surface area contributed by atoms with E-state index in [2.05, 4.69) is 60.0 Å². The van der Waals surface area contributed by atoms with E-state index in [1.54, 1.807) is 6.07 Å². The number of nitrogens with zero attached hydrogens (tertiary/aromatic N) is 3. The van der Waals surface area contributed by atoms with Crippen LogP contribution in [0.3, 0.4) is 0 Å². The average Bonchev–Trinajstić information content (AvgIpc) is 3.08. The number of benzene rings is 2. The van der Waals surface area contributed by atoms with Gasteiger partial charge in [-0.1, -0.05) is 0 Å². The Morgan fingerprint density at radius 3 is 2.50 bits per heavy atom. The summed E-state index contributed by atoms with van der Waals surface area (Å²) in [6.07, 6.45) is 1.82. The van der Waals surface area contributed by atoms with Crippen LogP contribution in [0.4, 0.5) is 23.1 Å². The third-order valence-corrected chi connectivity index (χ3v) is 5.42. The van der Waals surface area contributed by atoms with Gasteiger partial charge in [0.05, 0.1) is 5.52 Å². The lowest BCUT2D eigenvalue weighted by Gasteiger charge is -2.23. The Kier molecular flexibility index (Phi) is 5.03. The number of aromatic nitrogens is 3. The maximum atomic E-state index is 11.4. The predicted octanol–water partition coefficient (Wildman–Crippen LogP) is 5.05. The molecule has 154 valence electrons. The molecule has 0 aliphatic rings. The zero-order valence-corrected chi connectivity index (χ0v) is 17.8. The molecule has 2 heterocycles. The molecule has 0 saturated carbocycles. The van der Waals surface area contributed by atoms with Crippen molar-refractivity contribution in [2.75, 3.05) is 16.8 Å². The average molecular weight is 403 g/mol. The van der Waals surface area contributed by atoms with Crippen molar-refractivity contribution >= 4 is 34.2 Å². The van der Waals surface area contributed by atoms with Crippen molar-refractivity contribution in [2.24, 2.45) is 0 Å². The molecule has 0 saturated heterocycles. The van der Waals surface area contributed by atoms with Gasteiger partial charge in [0.15, 0.2) is 5.58 Å². The number of hydrogen-bond acceptors (Lipinski definition) is 6. The molecule has 4 rings (SSSR count). The summed E-state index contributed by atoms with van der Waals surface area (Å²) in [6, 6.07) is 9.77. The van der Waals surface area contributed by atoms with Crippen LogP contribution in [0.25, 0.3) is 11.1 Å². The Balaban J connectivity index is 1.70. The Morgan fingerprint density at radius 2 is 1.80 bits per heavy atom. The summed E-state index contributed by atoms with van der Waals surface area (Å²) in [5.74, 6) is 0.875. The van der Waals surface area contributed by atoms with Crippen molar-refractivity contribution in [1.29, 1.82) is 0 Å². The van der Waals surface area contributed by atoms with Crippen molar-refractivity contribution in [3.63, 3.8) is 0 Å². The standard InChI is InChI=1S/C23H25N5O2/c1-6-28(18-9-13(2)16(5)14(3)10-18)22-24-12-15(4)21(27-22)25-17-7-8-20-19(11-17)26-23(29)30-20/h7-12H,6H2,1-5H3,(H,26,29)(H,24,25,27). The Hall–Kier alpha value is -3.61. The Bertz CT molecular complexity index is 1270. The van der Waals surface area contributed by atoms with Gasteiger partial charge >= 0.3 is 5.76 Å². The van der Waals surface area contributed by atoms with Crippen molar-refractivity contribution in [2.45, 2.75) is 34.6 Å². The summed E-state index contributed by atoms with van der Waals surface area (Å²) in [7, 11) is 0. The first-order valence-electron chi connectivity index (χ1n) is 9.94. The lowest BCUT2D eigenvalue weighted by molar-refractivity contribution is 0.555. The Labute approximate surface area is 174 Å². The number of H-pyrrole nitrogens is 1. The summed E-state index contributed by atoms with van der Waals surface area (Å²) in [6.45, 7) is 11.2. The fourth-order valence-corrected chi connectivity index (χ4v) is 3.46. The smallest absolute Gasteiger partial charge is 0.408 e. The van der Waals surface area contributed by atoms with E-state index in [1.165, 1.54) is 16.7 Å². The number of anilines is 4. The van der Waals surface area contributed by atoms with E-state index in [1.807, 2.05) is 25.3 Å². The fraction of sp³-hybridized carbons (Fsp3) is 0.261. The number of oxazole rings is 1. The van der Waals surface area contributed by atoms with Crippen LogP contribution >= 0.6 is 0 Å². The quantitative estimate of drug-likeness (QED) is 0.485. The van der Waals surface area contributed by atoms with E-state index in [0.29, 0.717) is 22.9 Å². The summed E-state index contributed by atoms with van der Waals surface area (Å²) in [5.41, 5.74) is 7.75. The van der Waals surface area contributed by atoms with Gasteiger partial charge in [0.1, 0.15) is 5.82 Å². The molecule has 0 bridgehead atoms. The molecule has 2 aromatic heterocycles. The molecular formula is C23H25N5O2. The first-order chi connectivity index (χ1) is 14.4. The summed E-state index contributed by atoms with van der Waals surface area (Å²) < 4.78 is 5.07. The lowest BCUT2D eigenvalue weighted by atomic mass is 10.0. The monoisotopic (exact) mass is 403 g/mol. The SMILES string of the molecule is CCN(c1cc(C)c(C)c(C)c1)c1ncc(C)c(Nc2ccc3oc(=O)[nH]c3c2)n1. The Morgan fingerprint density at radius 1 is 1.07 bits per heavy atom. The van der Waals surface area contributed by atoms with Gasteiger partial charge < -0.3 is 14.6 Å². The van der Waals surface area contributed by atoms with Gasteiger partial charge in [0.2, 0.25) is 5.95 Å². The van der Waals surface area contributed by atoms with Crippen LogP contribution in [-0.2, 0) is 0 Å². The van der Waals surface area contributed by atoms with Crippen molar-refractivity contribution < 1.29 is 4.42 Å². The molecule has 7 heteroatoms. The number of hydrogen-bond donors (Lipinski definition) is 2. The van der Waals surface area contributed by atoms with Gasteiger partial charge in [-0.25, -0.2) is 9.78 Å². The third-order valence-electron chi connectivity index (χ3n) is 5.42. The predicted molar refractivity (Wildman–Crippen MR) is 120 cm³/mol. The molecule has 4 aromatic rings. The number of aryl methyl sites for hydroxylation is 3. The molecule has 7 nitrogen and oxygen atoms in total. The van der Waals surface area contributed by atoms with E-state index in [-0.39, 0.29) is 0 Å². The highest BCUT2D eigenvalue weighted by Gasteiger charge is 2.15.